The van der Waals surface area contributed by atoms with Crippen molar-refractivity contribution in [3.8, 4) is 5.75 Å². The monoisotopic (exact) mass is 246 g/mol. The Bertz CT molecular complexity index is 375. The number of aliphatic carboxylic acids is 1. The van der Waals surface area contributed by atoms with Crippen LogP contribution < -0.4 is 4.74 Å². The first-order valence-corrected chi connectivity index (χ1v) is 4.96. The van der Waals surface area contributed by atoms with Crippen LogP contribution in [-0.2, 0) is 9.53 Å². The van der Waals surface area contributed by atoms with Crippen LogP contribution in [0.15, 0.2) is 18.2 Å². The largest absolute Gasteiger partial charge is 0.490 e. The number of halogens is 2. The third kappa shape index (κ3) is 4.36. The molecule has 0 aliphatic rings. The average Bonchev–Trinajstić information content (AvgIpc) is 2.22. The van der Waals surface area contributed by atoms with E-state index in [2.05, 4.69) is 0 Å². The Morgan fingerprint density at radius 1 is 1.35 bits per heavy atom. The first kappa shape index (κ1) is 13.4. The minimum absolute atomic E-state index is 0.0755. The van der Waals surface area contributed by atoms with Crippen molar-refractivity contribution in [2.75, 3.05) is 13.2 Å². The highest BCUT2D eigenvalue weighted by Gasteiger charge is 2.18. The Morgan fingerprint density at radius 3 is 2.41 bits per heavy atom. The molecule has 1 rings (SSSR count). The van der Waals surface area contributed by atoms with Crippen molar-refractivity contribution in [3.63, 3.8) is 0 Å². The predicted molar refractivity (Wildman–Crippen MR) is 54.9 cm³/mol. The Kier molecular flexibility index (Phi) is 4.84. The summed E-state index contributed by atoms with van der Waals surface area (Å²) >= 11 is 0. The highest BCUT2D eigenvalue weighted by molar-refractivity contribution is 5.72. The number of carbonyl (C=O) groups is 1. The summed E-state index contributed by atoms with van der Waals surface area (Å²) in [4.78, 5) is 10.7. The molecule has 1 unspecified atom stereocenters. The molecule has 1 atom stereocenters. The number of benzene rings is 1. The lowest BCUT2D eigenvalue weighted by molar-refractivity contribution is -0.152. The Balaban J connectivity index is 2.61. The molecule has 0 saturated heterocycles. The van der Waals surface area contributed by atoms with Gasteiger partial charge in [0.25, 0.3) is 0 Å². The maximum absolute atomic E-state index is 12.8. The molecule has 0 aliphatic carbocycles. The van der Waals surface area contributed by atoms with Crippen LogP contribution in [0.2, 0.25) is 0 Å². The molecule has 94 valence electrons. The second-order valence-electron chi connectivity index (χ2n) is 3.20. The van der Waals surface area contributed by atoms with Gasteiger partial charge in [-0.05, 0) is 6.92 Å². The van der Waals surface area contributed by atoms with Gasteiger partial charge in [-0.15, -0.1) is 0 Å². The van der Waals surface area contributed by atoms with Gasteiger partial charge in [0.1, 0.15) is 24.0 Å². The highest BCUT2D eigenvalue weighted by atomic mass is 19.1. The molecule has 0 radical (unpaired) electrons. The summed E-state index contributed by atoms with van der Waals surface area (Å²) in [6, 6.07) is 2.63. The molecule has 0 spiro atoms. The molecule has 17 heavy (non-hydrogen) atoms. The molecule has 0 aromatic heterocycles. The summed E-state index contributed by atoms with van der Waals surface area (Å²) in [6.07, 6.45) is -1.16. The van der Waals surface area contributed by atoms with E-state index in [4.69, 9.17) is 14.6 Å². The Labute approximate surface area is 96.8 Å². The van der Waals surface area contributed by atoms with E-state index in [1.165, 1.54) is 0 Å². The van der Waals surface area contributed by atoms with E-state index in [1.807, 2.05) is 0 Å². The van der Waals surface area contributed by atoms with Gasteiger partial charge in [-0.1, -0.05) is 0 Å². The molecule has 1 aromatic carbocycles. The predicted octanol–water partition coefficient (Wildman–Crippen LogP) is 1.83. The Hall–Kier alpha value is -1.69. The van der Waals surface area contributed by atoms with Crippen LogP contribution >= 0.6 is 0 Å². The van der Waals surface area contributed by atoms with E-state index in [9.17, 15) is 13.6 Å². The zero-order valence-electron chi connectivity index (χ0n) is 9.15. The number of carboxylic acids is 1. The number of hydrogen-bond donors (Lipinski definition) is 1. The van der Waals surface area contributed by atoms with E-state index in [0.29, 0.717) is 6.07 Å². The van der Waals surface area contributed by atoms with Crippen molar-refractivity contribution in [2.24, 2.45) is 0 Å². The van der Waals surface area contributed by atoms with Gasteiger partial charge in [0.2, 0.25) is 0 Å². The van der Waals surface area contributed by atoms with Crippen molar-refractivity contribution < 1.29 is 28.2 Å². The molecule has 1 N–H and O–H groups in total. The summed E-state index contributed by atoms with van der Waals surface area (Å²) < 4.78 is 35.4. The summed E-state index contributed by atoms with van der Waals surface area (Å²) in [5.74, 6) is -2.84. The fraction of sp³-hybridized carbons (Fsp3) is 0.364. The van der Waals surface area contributed by atoms with Gasteiger partial charge < -0.3 is 14.6 Å². The summed E-state index contributed by atoms with van der Waals surface area (Å²) in [7, 11) is 0. The van der Waals surface area contributed by atoms with Gasteiger partial charge in [0.15, 0.2) is 6.10 Å². The van der Waals surface area contributed by atoms with Crippen LogP contribution in [0, 0.1) is 11.6 Å². The minimum Gasteiger partial charge on any atom is -0.490 e. The molecule has 6 heteroatoms. The topological polar surface area (TPSA) is 55.8 Å². The summed E-state index contributed by atoms with van der Waals surface area (Å²) in [6.45, 7) is 1.53. The van der Waals surface area contributed by atoms with Crippen molar-refractivity contribution in [2.45, 2.75) is 13.0 Å². The van der Waals surface area contributed by atoms with Crippen molar-refractivity contribution in [3.05, 3.63) is 29.8 Å². The highest BCUT2D eigenvalue weighted by Crippen LogP contribution is 2.15. The first-order chi connectivity index (χ1) is 8.02. The van der Waals surface area contributed by atoms with Crippen LogP contribution in [0.5, 0.6) is 5.75 Å². The molecule has 1 aromatic rings. The molecular formula is C11H12F2O4. The van der Waals surface area contributed by atoms with E-state index in [1.54, 1.807) is 6.92 Å². The zero-order valence-corrected chi connectivity index (χ0v) is 9.15. The smallest absolute Gasteiger partial charge is 0.336 e. The SMILES string of the molecule is CCOC(COc1cc(F)cc(F)c1)C(=O)O. The number of ether oxygens (including phenoxy) is 2. The van der Waals surface area contributed by atoms with E-state index in [0.717, 1.165) is 12.1 Å². The maximum atomic E-state index is 12.8. The third-order valence-electron chi connectivity index (χ3n) is 1.88. The maximum Gasteiger partial charge on any atom is 0.336 e. The fourth-order valence-electron chi connectivity index (χ4n) is 1.18. The van der Waals surface area contributed by atoms with Crippen LogP contribution in [0.3, 0.4) is 0 Å². The fourth-order valence-corrected chi connectivity index (χ4v) is 1.18. The standard InChI is InChI=1S/C11H12F2O4/c1-2-16-10(11(14)15)6-17-9-4-7(12)3-8(13)5-9/h3-5,10H,2,6H2,1H3,(H,14,15). The molecule has 4 nitrogen and oxygen atoms in total. The second kappa shape index (κ2) is 6.15. The zero-order chi connectivity index (χ0) is 12.8. The quantitative estimate of drug-likeness (QED) is 0.832. The lowest BCUT2D eigenvalue weighted by Gasteiger charge is -2.13. The van der Waals surface area contributed by atoms with Crippen molar-refractivity contribution in [1.29, 1.82) is 0 Å². The minimum atomic E-state index is -1.19. The number of hydrogen-bond acceptors (Lipinski definition) is 3. The molecule has 0 heterocycles. The molecule has 0 aliphatic heterocycles. The molecule has 0 fully saturated rings. The van der Waals surface area contributed by atoms with Gasteiger partial charge >= 0.3 is 5.97 Å². The molecular weight excluding hydrogens is 234 g/mol. The summed E-state index contributed by atoms with van der Waals surface area (Å²) in [5.41, 5.74) is 0. The van der Waals surface area contributed by atoms with Crippen molar-refractivity contribution in [1.82, 2.24) is 0 Å². The van der Waals surface area contributed by atoms with E-state index >= 15 is 0 Å². The van der Waals surface area contributed by atoms with Crippen molar-refractivity contribution >= 4 is 5.97 Å². The van der Waals surface area contributed by atoms with Gasteiger partial charge in [-0.25, -0.2) is 13.6 Å². The molecule has 0 bridgehead atoms. The van der Waals surface area contributed by atoms with Crippen LogP contribution in [0.1, 0.15) is 6.92 Å². The normalized spacial score (nSPS) is 12.2. The lowest BCUT2D eigenvalue weighted by Crippen LogP contribution is -2.30. The second-order valence-corrected chi connectivity index (χ2v) is 3.20. The van der Waals surface area contributed by atoms with Crippen LogP contribution in [-0.4, -0.2) is 30.4 Å². The van der Waals surface area contributed by atoms with Gasteiger partial charge in [-0.2, -0.15) is 0 Å². The van der Waals surface area contributed by atoms with E-state index < -0.39 is 23.7 Å². The average molecular weight is 246 g/mol. The lowest BCUT2D eigenvalue weighted by atomic mass is 10.3. The van der Waals surface area contributed by atoms with Crippen LogP contribution in [0.25, 0.3) is 0 Å². The van der Waals surface area contributed by atoms with Gasteiger partial charge in [-0.3, -0.25) is 0 Å². The summed E-state index contributed by atoms with van der Waals surface area (Å²) in [5, 5.41) is 8.74. The van der Waals surface area contributed by atoms with Gasteiger partial charge in [0.05, 0.1) is 0 Å². The molecule has 0 saturated carbocycles. The van der Waals surface area contributed by atoms with Gasteiger partial charge in [0, 0.05) is 24.8 Å². The third-order valence-corrected chi connectivity index (χ3v) is 1.88. The van der Waals surface area contributed by atoms with Crippen LogP contribution in [0.4, 0.5) is 8.78 Å². The number of rotatable bonds is 6. The first-order valence-electron chi connectivity index (χ1n) is 4.96. The number of carboxylic acid groups (broad SMARTS) is 1. The van der Waals surface area contributed by atoms with E-state index in [-0.39, 0.29) is 19.0 Å². The molecule has 0 amide bonds. The Morgan fingerprint density at radius 2 is 1.94 bits per heavy atom.